The van der Waals surface area contributed by atoms with Crippen LogP contribution in [-0.2, 0) is 0 Å². The molecular weight excluding hydrogens is 268 g/mol. The average Bonchev–Trinajstić information content (AvgIpc) is 2.47. The maximum atomic E-state index is 9.17. The predicted molar refractivity (Wildman–Crippen MR) is 84.5 cm³/mol. The van der Waals surface area contributed by atoms with Gasteiger partial charge in [-0.1, -0.05) is 13.3 Å². The van der Waals surface area contributed by atoms with E-state index in [-0.39, 0.29) is 18.6 Å². The Morgan fingerprint density at radius 1 is 1.33 bits per heavy atom. The van der Waals surface area contributed by atoms with Gasteiger partial charge in [0.2, 0.25) is 5.95 Å². The van der Waals surface area contributed by atoms with Crippen molar-refractivity contribution in [3.63, 3.8) is 0 Å². The minimum Gasteiger partial charge on any atom is -0.497 e. The van der Waals surface area contributed by atoms with Crippen molar-refractivity contribution < 1.29 is 9.84 Å². The number of benzene rings is 1. The third-order valence-electron chi connectivity index (χ3n) is 3.38. The average molecular weight is 290 g/mol. The van der Waals surface area contributed by atoms with Crippen LogP contribution in [0.4, 0.5) is 11.8 Å². The Hall–Kier alpha value is -2.08. The van der Waals surface area contributed by atoms with E-state index in [0.717, 1.165) is 29.5 Å². The Balaban J connectivity index is 2.40. The van der Waals surface area contributed by atoms with Gasteiger partial charge in [0.25, 0.3) is 0 Å². The molecule has 0 amide bonds. The van der Waals surface area contributed by atoms with Gasteiger partial charge in [0, 0.05) is 18.0 Å². The zero-order valence-corrected chi connectivity index (χ0v) is 12.5. The highest BCUT2D eigenvalue weighted by molar-refractivity contribution is 5.91. The summed E-state index contributed by atoms with van der Waals surface area (Å²) >= 11 is 0. The van der Waals surface area contributed by atoms with E-state index < -0.39 is 0 Å². The molecule has 4 N–H and O–H groups in total. The third kappa shape index (κ3) is 3.72. The number of aromatic nitrogens is 2. The first kappa shape index (κ1) is 15.3. The Bertz CT molecular complexity index is 597. The van der Waals surface area contributed by atoms with Gasteiger partial charge in [0.15, 0.2) is 0 Å². The first-order valence-electron chi connectivity index (χ1n) is 7.16. The zero-order valence-electron chi connectivity index (χ0n) is 12.5. The molecule has 0 unspecified atom stereocenters. The minimum absolute atomic E-state index is 0.138. The molecule has 6 heteroatoms. The number of anilines is 2. The van der Waals surface area contributed by atoms with Crippen LogP contribution in [0, 0.1) is 0 Å². The number of rotatable bonds is 7. The Labute approximate surface area is 124 Å². The van der Waals surface area contributed by atoms with Crippen LogP contribution in [0.3, 0.4) is 0 Å². The number of nitrogens with one attached hydrogen (secondary N) is 1. The van der Waals surface area contributed by atoms with Crippen molar-refractivity contribution in [1.82, 2.24) is 9.97 Å². The number of hydrogen-bond donors (Lipinski definition) is 3. The fourth-order valence-electron chi connectivity index (χ4n) is 2.35. The van der Waals surface area contributed by atoms with E-state index in [1.54, 1.807) is 7.11 Å². The molecule has 0 radical (unpaired) electrons. The lowest BCUT2D eigenvalue weighted by Gasteiger charge is -2.19. The van der Waals surface area contributed by atoms with Crippen molar-refractivity contribution in [2.24, 2.45) is 0 Å². The number of aliphatic hydroxyl groups excluding tert-OH is 1. The van der Waals surface area contributed by atoms with Crippen LogP contribution < -0.4 is 15.8 Å². The van der Waals surface area contributed by atoms with E-state index in [1.165, 1.54) is 0 Å². The van der Waals surface area contributed by atoms with Gasteiger partial charge < -0.3 is 20.9 Å². The number of fused-ring (bicyclic) bond motifs is 1. The van der Waals surface area contributed by atoms with Crippen molar-refractivity contribution in [1.29, 1.82) is 0 Å². The molecule has 0 aliphatic rings. The molecule has 0 saturated heterocycles. The van der Waals surface area contributed by atoms with Crippen LogP contribution in [0.1, 0.15) is 26.2 Å². The minimum atomic E-state index is 0.138. The molecule has 114 valence electrons. The summed E-state index contributed by atoms with van der Waals surface area (Å²) in [4.78, 5) is 8.53. The molecule has 2 aromatic rings. The van der Waals surface area contributed by atoms with Crippen LogP contribution in [0.15, 0.2) is 18.2 Å². The standard InChI is InChI=1S/C15H22N4O2/c1-3-4-10(7-8-20)17-14-12-9-11(21-2)5-6-13(12)18-15(16)19-14/h5-6,9-10,20H,3-4,7-8H2,1-2H3,(H3,16,17,18,19)/t10-/m0/s1. The van der Waals surface area contributed by atoms with Crippen molar-refractivity contribution in [2.75, 3.05) is 24.8 Å². The summed E-state index contributed by atoms with van der Waals surface area (Å²) in [6.45, 7) is 2.25. The number of ether oxygens (including phenoxy) is 1. The first-order valence-corrected chi connectivity index (χ1v) is 7.16. The normalized spacial score (nSPS) is 12.3. The summed E-state index contributed by atoms with van der Waals surface area (Å²) in [6, 6.07) is 5.75. The molecule has 1 aromatic heterocycles. The van der Waals surface area contributed by atoms with Crippen molar-refractivity contribution in [3.8, 4) is 5.75 Å². The largest absolute Gasteiger partial charge is 0.497 e. The van der Waals surface area contributed by atoms with Crippen LogP contribution >= 0.6 is 0 Å². The van der Waals surface area contributed by atoms with Gasteiger partial charge in [0.1, 0.15) is 11.6 Å². The third-order valence-corrected chi connectivity index (χ3v) is 3.38. The summed E-state index contributed by atoms with van der Waals surface area (Å²) in [5.41, 5.74) is 6.54. The molecule has 0 bridgehead atoms. The molecule has 0 spiro atoms. The number of hydrogen-bond acceptors (Lipinski definition) is 6. The molecule has 1 heterocycles. The van der Waals surface area contributed by atoms with Gasteiger partial charge >= 0.3 is 0 Å². The van der Waals surface area contributed by atoms with Crippen molar-refractivity contribution in [3.05, 3.63) is 18.2 Å². The highest BCUT2D eigenvalue weighted by Crippen LogP contribution is 2.26. The van der Waals surface area contributed by atoms with E-state index >= 15 is 0 Å². The van der Waals surface area contributed by atoms with Gasteiger partial charge in [-0.05, 0) is 31.0 Å². The number of aliphatic hydroxyl groups is 1. The highest BCUT2D eigenvalue weighted by Gasteiger charge is 2.12. The van der Waals surface area contributed by atoms with E-state index in [0.29, 0.717) is 12.2 Å². The number of nitrogen functional groups attached to an aromatic ring is 1. The second-order valence-electron chi connectivity index (χ2n) is 4.96. The van der Waals surface area contributed by atoms with Crippen molar-refractivity contribution in [2.45, 2.75) is 32.2 Å². The lowest BCUT2D eigenvalue weighted by molar-refractivity contribution is 0.276. The molecule has 1 aromatic carbocycles. The van der Waals surface area contributed by atoms with Gasteiger partial charge in [-0.2, -0.15) is 4.98 Å². The van der Waals surface area contributed by atoms with Gasteiger partial charge in [-0.25, -0.2) is 4.98 Å². The lowest BCUT2D eigenvalue weighted by atomic mass is 10.1. The number of methoxy groups -OCH3 is 1. The molecule has 6 nitrogen and oxygen atoms in total. The van der Waals surface area contributed by atoms with Gasteiger partial charge in [-0.15, -0.1) is 0 Å². The summed E-state index contributed by atoms with van der Waals surface area (Å²) in [7, 11) is 1.62. The summed E-state index contributed by atoms with van der Waals surface area (Å²) in [5.74, 6) is 1.66. The van der Waals surface area contributed by atoms with Crippen LogP contribution in [0.2, 0.25) is 0 Å². The Morgan fingerprint density at radius 3 is 2.81 bits per heavy atom. The maximum Gasteiger partial charge on any atom is 0.222 e. The molecular formula is C15H22N4O2. The molecule has 21 heavy (non-hydrogen) atoms. The van der Waals surface area contributed by atoms with Crippen molar-refractivity contribution >= 4 is 22.7 Å². The lowest BCUT2D eigenvalue weighted by Crippen LogP contribution is -2.22. The summed E-state index contributed by atoms with van der Waals surface area (Å²) < 4.78 is 5.25. The van der Waals surface area contributed by atoms with E-state index in [2.05, 4.69) is 22.2 Å². The molecule has 2 rings (SSSR count). The SMILES string of the molecule is CCC[C@@H](CCO)Nc1nc(N)nc2ccc(OC)cc12. The quantitative estimate of drug-likeness (QED) is 0.723. The number of nitrogens with zero attached hydrogens (tertiary/aromatic N) is 2. The zero-order chi connectivity index (χ0) is 15.2. The monoisotopic (exact) mass is 290 g/mol. The Kier molecular flexibility index (Phi) is 5.16. The molecule has 0 saturated carbocycles. The van der Waals surface area contributed by atoms with Gasteiger partial charge in [0.05, 0.1) is 12.6 Å². The summed E-state index contributed by atoms with van der Waals surface area (Å²) in [6.07, 6.45) is 2.65. The topological polar surface area (TPSA) is 93.3 Å². The smallest absolute Gasteiger partial charge is 0.222 e. The number of nitrogens with two attached hydrogens (primary N) is 1. The van der Waals surface area contributed by atoms with Crippen LogP contribution in [0.5, 0.6) is 5.75 Å². The second kappa shape index (κ2) is 7.08. The molecule has 0 fully saturated rings. The molecule has 0 aliphatic carbocycles. The van der Waals surface area contributed by atoms with E-state index in [1.807, 2.05) is 18.2 Å². The second-order valence-corrected chi connectivity index (χ2v) is 4.96. The van der Waals surface area contributed by atoms with E-state index in [9.17, 15) is 5.11 Å². The Morgan fingerprint density at radius 2 is 2.14 bits per heavy atom. The molecule has 0 aliphatic heterocycles. The summed E-state index contributed by atoms with van der Waals surface area (Å²) in [5, 5.41) is 13.4. The van der Waals surface area contributed by atoms with Gasteiger partial charge in [-0.3, -0.25) is 0 Å². The fraction of sp³-hybridized carbons (Fsp3) is 0.467. The highest BCUT2D eigenvalue weighted by atomic mass is 16.5. The van der Waals surface area contributed by atoms with E-state index in [4.69, 9.17) is 10.5 Å². The van der Waals surface area contributed by atoms with Crippen LogP contribution in [-0.4, -0.2) is 34.8 Å². The maximum absolute atomic E-state index is 9.17. The predicted octanol–water partition coefficient (Wildman–Crippen LogP) is 2.18. The molecule has 1 atom stereocenters. The fourth-order valence-corrected chi connectivity index (χ4v) is 2.35. The first-order chi connectivity index (χ1) is 10.2. The van der Waals surface area contributed by atoms with Crippen LogP contribution in [0.25, 0.3) is 10.9 Å².